The van der Waals surface area contributed by atoms with E-state index in [0.717, 1.165) is 11.1 Å². The molecular formula is C27H26Cl2N2O6. The maximum atomic E-state index is 13.4. The highest BCUT2D eigenvalue weighted by atomic mass is 35.5. The number of aryl methyl sites for hydroxylation is 2. The Bertz CT molecular complexity index is 1260. The van der Waals surface area contributed by atoms with E-state index in [2.05, 4.69) is 5.32 Å². The Morgan fingerprint density at radius 1 is 1.08 bits per heavy atom. The molecule has 0 aromatic heterocycles. The number of nitrogens with zero attached hydrogens (tertiary/aromatic N) is 1. The zero-order chi connectivity index (χ0) is 26.7. The summed E-state index contributed by atoms with van der Waals surface area (Å²) in [4.78, 5) is 48.9. The van der Waals surface area contributed by atoms with Crippen LogP contribution in [0.2, 0.25) is 10.0 Å². The van der Waals surface area contributed by atoms with Crippen molar-refractivity contribution >= 4 is 46.4 Å². The van der Waals surface area contributed by atoms with E-state index in [9.17, 15) is 24.5 Å². The van der Waals surface area contributed by atoms with Gasteiger partial charge in [0.25, 0.3) is 5.69 Å². The largest absolute Gasteiger partial charge is 0.360 e. The van der Waals surface area contributed by atoms with Gasteiger partial charge in [0.05, 0.1) is 29.4 Å². The number of amides is 1. The van der Waals surface area contributed by atoms with Crippen molar-refractivity contribution in [2.75, 3.05) is 6.54 Å². The molecule has 0 saturated carbocycles. The smallest absolute Gasteiger partial charge is 0.269 e. The summed E-state index contributed by atoms with van der Waals surface area (Å²) >= 11 is 12.1. The van der Waals surface area contributed by atoms with Crippen molar-refractivity contribution in [3.63, 3.8) is 0 Å². The summed E-state index contributed by atoms with van der Waals surface area (Å²) in [5.74, 6) is -1.88. The van der Waals surface area contributed by atoms with Crippen LogP contribution in [-0.2, 0) is 32.0 Å². The molecule has 0 radical (unpaired) electrons. The molecule has 37 heavy (non-hydrogen) atoms. The molecule has 4 rings (SSSR count). The lowest BCUT2D eigenvalue weighted by Gasteiger charge is -2.32. The molecule has 8 nitrogen and oxygen atoms in total. The average Bonchev–Trinajstić information content (AvgIpc) is 3.43. The molecule has 2 heterocycles. The van der Waals surface area contributed by atoms with Gasteiger partial charge in [-0.05, 0) is 43.0 Å². The minimum Gasteiger partial charge on any atom is -0.360 e. The minimum absolute atomic E-state index is 0.0219. The summed E-state index contributed by atoms with van der Waals surface area (Å²) in [5, 5.41) is 14.7. The predicted octanol–water partition coefficient (Wildman–Crippen LogP) is 4.68. The molecule has 194 valence electrons. The van der Waals surface area contributed by atoms with Crippen LogP contribution in [0, 0.1) is 22.0 Å². The predicted molar refractivity (Wildman–Crippen MR) is 139 cm³/mol. The highest BCUT2D eigenvalue weighted by Crippen LogP contribution is 2.48. The van der Waals surface area contributed by atoms with Crippen LogP contribution in [0.3, 0.4) is 0 Å². The molecule has 1 fully saturated rings. The summed E-state index contributed by atoms with van der Waals surface area (Å²) in [6.07, 6.45) is 4.16. The molecule has 0 spiro atoms. The van der Waals surface area contributed by atoms with E-state index in [0.29, 0.717) is 22.9 Å². The Hall–Kier alpha value is -3.07. The number of hydrogen-bond acceptors (Lipinski definition) is 6. The fourth-order valence-electron chi connectivity index (χ4n) is 5.11. The third kappa shape index (κ3) is 5.92. The number of ketones is 2. The Kier molecular flexibility index (Phi) is 8.11. The van der Waals surface area contributed by atoms with Gasteiger partial charge in [-0.25, -0.2) is 0 Å². The van der Waals surface area contributed by atoms with E-state index in [1.165, 1.54) is 19.1 Å². The van der Waals surface area contributed by atoms with Crippen molar-refractivity contribution in [2.24, 2.45) is 11.8 Å². The first-order valence-corrected chi connectivity index (χ1v) is 12.7. The van der Waals surface area contributed by atoms with Gasteiger partial charge in [0.1, 0.15) is 17.2 Å². The van der Waals surface area contributed by atoms with Gasteiger partial charge in [0, 0.05) is 35.0 Å². The Balaban J connectivity index is 1.40. The van der Waals surface area contributed by atoms with Gasteiger partial charge in [-0.1, -0.05) is 53.6 Å². The monoisotopic (exact) mass is 544 g/mol. The van der Waals surface area contributed by atoms with Crippen LogP contribution in [0.15, 0.2) is 54.6 Å². The number of hydrogen-bond donors (Lipinski definition) is 1. The first kappa shape index (κ1) is 27.0. The van der Waals surface area contributed by atoms with Crippen molar-refractivity contribution in [3.8, 4) is 0 Å². The summed E-state index contributed by atoms with van der Waals surface area (Å²) < 4.78 is 6.13. The van der Waals surface area contributed by atoms with Crippen LogP contribution in [-0.4, -0.2) is 40.6 Å². The number of Topliss-reactive ketones (excluding diaryl/α,β-unsaturated/α-hetero) is 2. The van der Waals surface area contributed by atoms with E-state index in [1.54, 1.807) is 42.5 Å². The number of ether oxygens (including phenoxy) is 1. The van der Waals surface area contributed by atoms with Gasteiger partial charge in [-0.15, -0.1) is 0 Å². The topological polar surface area (TPSA) is 116 Å². The molecule has 2 aliphatic rings. The summed E-state index contributed by atoms with van der Waals surface area (Å²) in [6, 6.07) is 11.1. The lowest BCUT2D eigenvalue weighted by atomic mass is 9.70. The molecule has 1 N–H and O–H groups in total. The van der Waals surface area contributed by atoms with Crippen LogP contribution in [0.4, 0.5) is 5.69 Å². The Morgan fingerprint density at radius 3 is 2.46 bits per heavy atom. The van der Waals surface area contributed by atoms with Gasteiger partial charge >= 0.3 is 0 Å². The number of non-ortho nitro benzene ring substituents is 1. The number of benzene rings is 2. The highest BCUT2D eigenvalue weighted by Gasteiger charge is 2.60. The first-order chi connectivity index (χ1) is 17.6. The lowest BCUT2D eigenvalue weighted by molar-refractivity contribution is -0.384. The molecule has 4 atom stereocenters. The van der Waals surface area contributed by atoms with Crippen molar-refractivity contribution in [2.45, 2.75) is 44.3 Å². The zero-order valence-corrected chi connectivity index (χ0v) is 21.6. The number of nitrogens with one attached hydrogen (secondary N) is 1. The standard InChI is InChI=1S/C27H26Cl2N2O6/c1-16(32)25-23-12-13-27(37-23,15-30-24(34)11-6-18-5-7-19(28)14-21(18)29)26(25)22(33)10-4-17-2-8-20(9-3-17)31(35)36/h2-3,5,7-9,12-14,23,25-26H,4,6,10-11,15H2,1H3,(H,30,34)/t23?,25?,26?,27-/m1/s1. The third-order valence-corrected chi connectivity index (χ3v) is 7.57. The summed E-state index contributed by atoms with van der Waals surface area (Å²) in [6.45, 7) is 1.51. The highest BCUT2D eigenvalue weighted by molar-refractivity contribution is 6.35. The van der Waals surface area contributed by atoms with E-state index in [4.69, 9.17) is 27.9 Å². The second-order valence-electron chi connectivity index (χ2n) is 9.41. The third-order valence-electron chi connectivity index (χ3n) is 6.98. The molecule has 2 aliphatic heterocycles. The van der Waals surface area contributed by atoms with Crippen molar-refractivity contribution in [1.82, 2.24) is 5.32 Å². The second-order valence-corrected chi connectivity index (χ2v) is 10.3. The van der Waals surface area contributed by atoms with E-state index >= 15 is 0 Å². The number of fused-ring (bicyclic) bond motifs is 2. The lowest BCUT2D eigenvalue weighted by Crippen LogP contribution is -2.50. The van der Waals surface area contributed by atoms with Crippen molar-refractivity contribution in [1.29, 1.82) is 0 Å². The second kappa shape index (κ2) is 11.1. The van der Waals surface area contributed by atoms with Gasteiger partial charge in [-0.2, -0.15) is 0 Å². The number of carbonyl (C=O) groups excluding carboxylic acids is 3. The van der Waals surface area contributed by atoms with E-state index in [-0.39, 0.29) is 42.5 Å². The van der Waals surface area contributed by atoms with Gasteiger partial charge in [-0.3, -0.25) is 24.5 Å². The Morgan fingerprint density at radius 2 is 1.81 bits per heavy atom. The molecular weight excluding hydrogens is 519 g/mol. The number of rotatable bonds is 11. The molecule has 0 aliphatic carbocycles. The molecule has 3 unspecified atom stereocenters. The van der Waals surface area contributed by atoms with Gasteiger partial charge in [0.2, 0.25) is 5.91 Å². The van der Waals surface area contributed by atoms with E-state index in [1.807, 2.05) is 0 Å². The van der Waals surface area contributed by atoms with Crippen molar-refractivity contribution in [3.05, 3.63) is 85.9 Å². The molecule has 1 saturated heterocycles. The average molecular weight is 545 g/mol. The summed E-state index contributed by atoms with van der Waals surface area (Å²) in [5.41, 5.74) is 0.460. The zero-order valence-electron chi connectivity index (χ0n) is 20.1. The minimum atomic E-state index is -1.10. The van der Waals surface area contributed by atoms with Crippen molar-refractivity contribution < 1.29 is 24.0 Å². The van der Waals surface area contributed by atoms with Gasteiger partial charge < -0.3 is 10.1 Å². The van der Waals surface area contributed by atoms with E-state index < -0.39 is 28.5 Å². The molecule has 1 amide bonds. The number of carbonyl (C=O) groups is 3. The number of halogens is 2. The quantitative estimate of drug-likeness (QED) is 0.249. The maximum absolute atomic E-state index is 13.4. The van der Waals surface area contributed by atoms with Crippen LogP contribution < -0.4 is 5.32 Å². The number of nitro groups is 1. The molecule has 2 aromatic rings. The Labute approximate surface area is 224 Å². The van der Waals surface area contributed by atoms with Crippen LogP contribution in [0.5, 0.6) is 0 Å². The molecule has 2 bridgehead atoms. The molecule has 2 aromatic carbocycles. The fourth-order valence-corrected chi connectivity index (χ4v) is 5.61. The first-order valence-electron chi connectivity index (χ1n) is 11.9. The van der Waals surface area contributed by atoms with Gasteiger partial charge in [0.15, 0.2) is 0 Å². The normalized spacial score (nSPS) is 23.7. The maximum Gasteiger partial charge on any atom is 0.269 e. The van der Waals surface area contributed by atoms with Crippen LogP contribution in [0.25, 0.3) is 0 Å². The SMILES string of the molecule is CC(=O)C1C2C=C[C@](CNC(=O)CCc3ccc(Cl)cc3Cl)(O2)C1C(=O)CCc1ccc([N+](=O)[O-])cc1. The molecule has 10 heteroatoms. The fraction of sp³-hybridized carbons (Fsp3) is 0.370. The van der Waals surface area contributed by atoms with Crippen LogP contribution in [0.1, 0.15) is 30.9 Å². The number of nitro benzene ring substituents is 1. The summed E-state index contributed by atoms with van der Waals surface area (Å²) in [7, 11) is 0. The van der Waals surface area contributed by atoms with Crippen LogP contribution >= 0.6 is 23.2 Å².